The molecular weight excluding hydrogens is 460 g/mol. The van der Waals surface area contributed by atoms with E-state index in [4.69, 9.17) is 4.74 Å². The zero-order valence-corrected chi connectivity index (χ0v) is 19.9. The van der Waals surface area contributed by atoms with Crippen molar-refractivity contribution in [3.8, 4) is 0 Å². The van der Waals surface area contributed by atoms with Crippen LogP contribution in [0.4, 0.5) is 0 Å². The van der Waals surface area contributed by atoms with E-state index in [1.807, 2.05) is 13.8 Å². The summed E-state index contributed by atoms with van der Waals surface area (Å²) < 4.78 is 34.0. The van der Waals surface area contributed by atoms with Crippen molar-refractivity contribution in [2.45, 2.75) is 31.7 Å². The first-order valence-corrected chi connectivity index (χ1v) is 12.3. The fraction of sp³-hybridized carbons (Fsp3) is 0.364. The fourth-order valence-corrected chi connectivity index (χ4v) is 5.11. The largest absolute Gasteiger partial charge is 0.379 e. The van der Waals surface area contributed by atoms with Crippen LogP contribution in [-0.2, 0) is 14.8 Å². The normalized spacial score (nSPS) is 14.9. The first-order chi connectivity index (χ1) is 16.2. The summed E-state index contributed by atoms with van der Waals surface area (Å²) in [6, 6.07) is 7.46. The maximum absolute atomic E-state index is 12.9. The van der Waals surface area contributed by atoms with E-state index in [0.29, 0.717) is 35.5 Å². The van der Waals surface area contributed by atoms with Gasteiger partial charge in [-0.3, -0.25) is 20.4 Å². The Balaban J connectivity index is 1.47. The second kappa shape index (κ2) is 9.49. The van der Waals surface area contributed by atoms with Gasteiger partial charge in [0.15, 0.2) is 5.65 Å². The summed E-state index contributed by atoms with van der Waals surface area (Å²) >= 11 is 0. The number of rotatable bonds is 5. The number of benzene rings is 1. The molecule has 4 rings (SSSR count). The molecule has 0 aliphatic carbocycles. The number of pyridine rings is 1. The smallest absolute Gasteiger partial charge is 0.271 e. The van der Waals surface area contributed by atoms with E-state index in [2.05, 4.69) is 20.9 Å². The molecule has 2 amide bonds. The van der Waals surface area contributed by atoms with E-state index in [9.17, 15) is 18.0 Å². The Morgan fingerprint density at radius 1 is 1.09 bits per heavy atom. The highest BCUT2D eigenvalue weighted by atomic mass is 32.2. The van der Waals surface area contributed by atoms with Crippen LogP contribution in [0.25, 0.3) is 11.0 Å². The van der Waals surface area contributed by atoms with E-state index in [-0.39, 0.29) is 29.6 Å². The molecule has 1 saturated heterocycles. The Kier molecular flexibility index (Phi) is 6.64. The third-order valence-electron chi connectivity index (χ3n) is 5.49. The van der Waals surface area contributed by atoms with Gasteiger partial charge < -0.3 is 4.74 Å². The van der Waals surface area contributed by atoms with Crippen molar-refractivity contribution in [2.75, 3.05) is 26.3 Å². The number of aryl methyl sites for hydroxylation is 1. The van der Waals surface area contributed by atoms with Crippen LogP contribution in [-0.4, -0.2) is 65.6 Å². The molecule has 11 nitrogen and oxygen atoms in total. The Bertz CT molecular complexity index is 1350. The maximum Gasteiger partial charge on any atom is 0.271 e. The number of nitrogens with zero attached hydrogens (tertiary/aromatic N) is 4. The van der Waals surface area contributed by atoms with Gasteiger partial charge in [0, 0.05) is 30.1 Å². The molecule has 1 aromatic carbocycles. The van der Waals surface area contributed by atoms with Gasteiger partial charge in [-0.1, -0.05) is 6.07 Å². The van der Waals surface area contributed by atoms with Crippen LogP contribution in [0.1, 0.15) is 46.3 Å². The number of morpholine rings is 1. The summed E-state index contributed by atoms with van der Waals surface area (Å²) in [5, 5.41) is 5.01. The molecule has 0 bridgehead atoms. The summed E-state index contributed by atoms with van der Waals surface area (Å²) in [5.74, 6) is -1.19. The molecule has 0 unspecified atom stereocenters. The van der Waals surface area contributed by atoms with Crippen LogP contribution in [0.15, 0.2) is 41.4 Å². The van der Waals surface area contributed by atoms with Crippen molar-refractivity contribution in [3.63, 3.8) is 0 Å². The average molecular weight is 487 g/mol. The molecule has 0 spiro atoms. The lowest BCUT2D eigenvalue weighted by molar-refractivity contribution is 0.0730. The number of amides is 2. The van der Waals surface area contributed by atoms with Gasteiger partial charge in [-0.25, -0.2) is 18.1 Å². The molecule has 2 N–H and O–H groups in total. The minimum Gasteiger partial charge on any atom is -0.379 e. The third kappa shape index (κ3) is 4.65. The maximum atomic E-state index is 12.9. The number of hydrogen-bond acceptors (Lipinski definition) is 7. The number of ether oxygens (including phenoxy) is 1. The van der Waals surface area contributed by atoms with Gasteiger partial charge in [0.1, 0.15) is 0 Å². The molecule has 12 heteroatoms. The first kappa shape index (κ1) is 23.8. The number of sulfonamides is 1. The van der Waals surface area contributed by atoms with Crippen molar-refractivity contribution < 1.29 is 22.7 Å². The summed E-state index contributed by atoms with van der Waals surface area (Å²) in [6.45, 7) is 6.83. The van der Waals surface area contributed by atoms with Gasteiger partial charge >= 0.3 is 0 Å². The van der Waals surface area contributed by atoms with Crippen molar-refractivity contribution in [3.05, 3.63) is 53.3 Å². The van der Waals surface area contributed by atoms with Crippen LogP contribution in [0.5, 0.6) is 0 Å². The minimum absolute atomic E-state index is 0.000960. The molecule has 2 aromatic heterocycles. The van der Waals surface area contributed by atoms with Crippen molar-refractivity contribution >= 4 is 32.9 Å². The van der Waals surface area contributed by atoms with Crippen LogP contribution < -0.4 is 10.9 Å². The summed E-state index contributed by atoms with van der Waals surface area (Å²) in [7, 11) is -3.75. The number of nitrogens with one attached hydrogen (secondary N) is 2. The number of fused-ring (bicyclic) bond motifs is 1. The Morgan fingerprint density at radius 2 is 1.79 bits per heavy atom. The molecule has 0 atom stereocenters. The predicted octanol–water partition coefficient (Wildman–Crippen LogP) is 1.42. The van der Waals surface area contributed by atoms with Gasteiger partial charge in [0.2, 0.25) is 10.0 Å². The summed E-state index contributed by atoms with van der Waals surface area (Å²) in [5.41, 5.74) is 6.26. The number of carbonyl (C=O) groups excluding carboxylic acids is 2. The van der Waals surface area contributed by atoms with Gasteiger partial charge in [-0.05, 0) is 45.0 Å². The fourth-order valence-electron chi connectivity index (χ4n) is 3.66. The molecular formula is C22H26N6O5S. The molecule has 3 aromatic rings. The van der Waals surface area contributed by atoms with Gasteiger partial charge in [0.05, 0.1) is 35.6 Å². The highest BCUT2D eigenvalue weighted by Crippen LogP contribution is 2.20. The number of carbonyl (C=O) groups is 2. The lowest BCUT2D eigenvalue weighted by Crippen LogP contribution is -2.42. The van der Waals surface area contributed by atoms with E-state index in [1.54, 1.807) is 23.9 Å². The van der Waals surface area contributed by atoms with Crippen LogP contribution >= 0.6 is 0 Å². The molecule has 3 heterocycles. The average Bonchev–Trinajstić information content (AvgIpc) is 3.25. The van der Waals surface area contributed by atoms with Gasteiger partial charge in [0.25, 0.3) is 11.8 Å². The number of hydrazine groups is 1. The van der Waals surface area contributed by atoms with Crippen molar-refractivity contribution in [1.29, 1.82) is 0 Å². The van der Waals surface area contributed by atoms with Crippen LogP contribution in [0, 0.1) is 6.92 Å². The number of aromatic nitrogens is 3. The van der Waals surface area contributed by atoms with Crippen molar-refractivity contribution in [1.82, 2.24) is 29.9 Å². The SMILES string of the molecule is Cc1nc2c(cnn2C(C)C)cc1C(=O)NNC(=O)c1cccc(S(=O)(=O)N2CCOCC2)c1. The second-order valence-corrected chi connectivity index (χ2v) is 10.1. The van der Waals surface area contributed by atoms with Crippen LogP contribution in [0.2, 0.25) is 0 Å². The Morgan fingerprint density at radius 3 is 2.50 bits per heavy atom. The predicted molar refractivity (Wildman–Crippen MR) is 124 cm³/mol. The third-order valence-corrected chi connectivity index (χ3v) is 7.38. The van der Waals surface area contributed by atoms with E-state index in [1.165, 1.54) is 28.6 Å². The lowest BCUT2D eigenvalue weighted by atomic mass is 10.1. The van der Waals surface area contributed by atoms with E-state index < -0.39 is 21.8 Å². The highest BCUT2D eigenvalue weighted by Gasteiger charge is 2.27. The lowest BCUT2D eigenvalue weighted by Gasteiger charge is -2.26. The summed E-state index contributed by atoms with van der Waals surface area (Å²) in [6.07, 6.45) is 1.64. The molecule has 0 radical (unpaired) electrons. The standard InChI is InChI=1S/C22H26N6O5S/c1-14(2)28-20-17(13-23-28)12-19(15(3)24-20)22(30)26-25-21(29)16-5-4-6-18(11-16)34(31,32)27-7-9-33-10-8-27/h4-6,11-14H,7-10H2,1-3H3,(H,25,29)(H,26,30). The zero-order valence-electron chi connectivity index (χ0n) is 19.1. The molecule has 0 saturated carbocycles. The van der Waals surface area contributed by atoms with E-state index in [0.717, 1.165) is 0 Å². The highest BCUT2D eigenvalue weighted by molar-refractivity contribution is 7.89. The van der Waals surface area contributed by atoms with Crippen LogP contribution in [0.3, 0.4) is 0 Å². The van der Waals surface area contributed by atoms with E-state index >= 15 is 0 Å². The molecule has 180 valence electrons. The first-order valence-electron chi connectivity index (χ1n) is 10.8. The quantitative estimate of drug-likeness (QED) is 0.521. The Labute approximate surface area is 197 Å². The molecule has 1 fully saturated rings. The molecule has 1 aliphatic rings. The molecule has 34 heavy (non-hydrogen) atoms. The van der Waals surface area contributed by atoms with Gasteiger partial charge in [-0.15, -0.1) is 0 Å². The summed E-state index contributed by atoms with van der Waals surface area (Å²) in [4.78, 5) is 29.8. The topological polar surface area (TPSA) is 136 Å². The van der Waals surface area contributed by atoms with Gasteiger partial charge in [-0.2, -0.15) is 9.40 Å². The monoisotopic (exact) mass is 486 g/mol. The second-order valence-electron chi connectivity index (χ2n) is 8.17. The Hall–Kier alpha value is -3.35. The minimum atomic E-state index is -3.75. The molecule has 1 aliphatic heterocycles. The number of hydrogen-bond donors (Lipinski definition) is 2. The zero-order chi connectivity index (χ0) is 24.5. The van der Waals surface area contributed by atoms with Crippen molar-refractivity contribution in [2.24, 2.45) is 0 Å².